The summed E-state index contributed by atoms with van der Waals surface area (Å²) in [5.41, 5.74) is 1.10. The molecule has 0 aromatic carbocycles. The highest BCUT2D eigenvalue weighted by molar-refractivity contribution is 7.07. The van der Waals surface area contributed by atoms with E-state index in [0.717, 1.165) is 44.8 Å². The van der Waals surface area contributed by atoms with Gasteiger partial charge in [-0.05, 0) is 54.9 Å². The Morgan fingerprint density at radius 1 is 1.25 bits per heavy atom. The zero-order valence-corrected chi connectivity index (χ0v) is 15.4. The standard InChI is InChI=1S/C18H29N3O2S/c1-19-4-2-5-20(7-6-19)10-16-11-21(12-17(16)13-22)18(23)9-15-3-8-24-14-15/h3,8,14,16-17,22H,2,4-7,9-13H2,1H3/t16-,17-/m1/s1. The Hall–Kier alpha value is -0.950. The second-order valence-corrected chi connectivity index (χ2v) is 8.05. The van der Waals surface area contributed by atoms with Gasteiger partial charge in [0.15, 0.2) is 0 Å². The molecule has 0 radical (unpaired) electrons. The third kappa shape index (κ3) is 4.57. The van der Waals surface area contributed by atoms with Crippen LogP contribution in [0.1, 0.15) is 12.0 Å². The summed E-state index contributed by atoms with van der Waals surface area (Å²) in [4.78, 5) is 19.4. The van der Waals surface area contributed by atoms with Crippen molar-refractivity contribution in [1.29, 1.82) is 0 Å². The van der Waals surface area contributed by atoms with Crippen LogP contribution in [0.5, 0.6) is 0 Å². The first-order valence-corrected chi connectivity index (χ1v) is 9.90. The zero-order valence-electron chi connectivity index (χ0n) is 14.6. The maximum absolute atomic E-state index is 12.5. The Balaban J connectivity index is 1.54. The lowest BCUT2D eigenvalue weighted by Crippen LogP contribution is -2.36. The van der Waals surface area contributed by atoms with Gasteiger partial charge in [-0.2, -0.15) is 11.3 Å². The third-order valence-corrected chi connectivity index (χ3v) is 6.14. The number of rotatable bonds is 5. The van der Waals surface area contributed by atoms with Gasteiger partial charge in [0.2, 0.25) is 5.91 Å². The van der Waals surface area contributed by atoms with Crippen LogP contribution < -0.4 is 0 Å². The number of aliphatic hydroxyl groups is 1. The summed E-state index contributed by atoms with van der Waals surface area (Å²) in [6.07, 6.45) is 1.69. The van der Waals surface area contributed by atoms with Crippen LogP contribution in [0.15, 0.2) is 16.8 Å². The molecule has 2 saturated heterocycles. The summed E-state index contributed by atoms with van der Waals surface area (Å²) in [5.74, 6) is 0.812. The molecule has 0 unspecified atom stereocenters. The first kappa shape index (κ1) is 17.9. The monoisotopic (exact) mass is 351 g/mol. The highest BCUT2D eigenvalue weighted by Crippen LogP contribution is 2.25. The fourth-order valence-corrected chi connectivity index (χ4v) is 4.52. The first-order chi connectivity index (χ1) is 11.7. The third-order valence-electron chi connectivity index (χ3n) is 5.40. The summed E-state index contributed by atoms with van der Waals surface area (Å²) >= 11 is 1.63. The molecule has 6 heteroatoms. The lowest BCUT2D eigenvalue weighted by molar-refractivity contribution is -0.129. The predicted octanol–water partition coefficient (Wildman–Crippen LogP) is 0.995. The van der Waals surface area contributed by atoms with Gasteiger partial charge in [-0.1, -0.05) is 0 Å². The molecule has 1 aromatic heterocycles. The number of hydrogen-bond acceptors (Lipinski definition) is 5. The number of nitrogens with zero attached hydrogens (tertiary/aromatic N) is 3. The number of carbonyl (C=O) groups is 1. The van der Waals surface area contributed by atoms with Gasteiger partial charge in [-0.3, -0.25) is 4.79 Å². The van der Waals surface area contributed by atoms with E-state index in [1.807, 2.05) is 21.7 Å². The molecular weight excluding hydrogens is 322 g/mol. The van der Waals surface area contributed by atoms with Crippen LogP contribution in [0, 0.1) is 11.8 Å². The molecule has 2 aliphatic heterocycles. The maximum atomic E-state index is 12.5. The second kappa shape index (κ2) is 8.43. The molecule has 24 heavy (non-hydrogen) atoms. The van der Waals surface area contributed by atoms with Crippen molar-refractivity contribution in [2.45, 2.75) is 12.8 Å². The molecule has 2 atom stereocenters. The summed E-state index contributed by atoms with van der Waals surface area (Å²) in [6, 6.07) is 2.02. The molecule has 0 bridgehead atoms. The topological polar surface area (TPSA) is 47.0 Å². The van der Waals surface area contributed by atoms with Gasteiger partial charge < -0.3 is 19.8 Å². The summed E-state index contributed by atoms with van der Waals surface area (Å²) in [6.45, 7) is 7.17. The average molecular weight is 352 g/mol. The summed E-state index contributed by atoms with van der Waals surface area (Å²) in [7, 11) is 2.18. The van der Waals surface area contributed by atoms with Crippen LogP contribution in [0.25, 0.3) is 0 Å². The Bertz CT molecular complexity index is 522. The first-order valence-electron chi connectivity index (χ1n) is 8.96. The van der Waals surface area contributed by atoms with Crippen molar-refractivity contribution in [2.24, 2.45) is 11.8 Å². The normalized spacial score (nSPS) is 26.7. The van der Waals surface area contributed by atoms with E-state index >= 15 is 0 Å². The Kier molecular flexibility index (Phi) is 6.27. The fraction of sp³-hybridized carbons (Fsp3) is 0.722. The van der Waals surface area contributed by atoms with Gasteiger partial charge in [0.1, 0.15) is 0 Å². The molecule has 5 nitrogen and oxygen atoms in total. The smallest absolute Gasteiger partial charge is 0.227 e. The molecule has 1 aromatic rings. The molecule has 1 amide bonds. The minimum Gasteiger partial charge on any atom is -0.396 e. The fourth-order valence-electron chi connectivity index (χ4n) is 3.85. The lowest BCUT2D eigenvalue weighted by atomic mass is 9.96. The molecule has 2 fully saturated rings. The van der Waals surface area contributed by atoms with Gasteiger partial charge in [-0.25, -0.2) is 0 Å². The van der Waals surface area contributed by atoms with Gasteiger partial charge >= 0.3 is 0 Å². The number of amides is 1. The Morgan fingerprint density at radius 3 is 2.83 bits per heavy atom. The summed E-state index contributed by atoms with van der Waals surface area (Å²) in [5, 5.41) is 13.8. The van der Waals surface area contributed by atoms with Crippen LogP contribution >= 0.6 is 11.3 Å². The number of likely N-dealkylation sites (N-methyl/N-ethyl adjacent to an activating group) is 1. The van der Waals surface area contributed by atoms with E-state index in [1.165, 1.54) is 6.42 Å². The van der Waals surface area contributed by atoms with E-state index < -0.39 is 0 Å². The van der Waals surface area contributed by atoms with Crippen LogP contribution in [0.4, 0.5) is 0 Å². The van der Waals surface area contributed by atoms with E-state index in [9.17, 15) is 9.90 Å². The van der Waals surface area contributed by atoms with E-state index in [4.69, 9.17) is 0 Å². The number of carbonyl (C=O) groups excluding carboxylic acids is 1. The lowest BCUT2D eigenvalue weighted by Gasteiger charge is -2.26. The van der Waals surface area contributed by atoms with E-state index in [1.54, 1.807) is 11.3 Å². The Labute approximate surface area is 148 Å². The number of hydrogen-bond donors (Lipinski definition) is 1. The molecule has 0 aliphatic carbocycles. The number of aliphatic hydroxyl groups excluding tert-OH is 1. The minimum absolute atomic E-state index is 0.181. The molecule has 2 aliphatic rings. The molecule has 134 valence electrons. The summed E-state index contributed by atoms with van der Waals surface area (Å²) < 4.78 is 0. The van der Waals surface area contributed by atoms with Gasteiger partial charge in [0.05, 0.1) is 6.42 Å². The van der Waals surface area contributed by atoms with Crippen molar-refractivity contribution in [3.63, 3.8) is 0 Å². The van der Waals surface area contributed by atoms with E-state index in [-0.39, 0.29) is 18.4 Å². The van der Waals surface area contributed by atoms with E-state index in [2.05, 4.69) is 16.8 Å². The molecule has 1 N–H and O–H groups in total. The quantitative estimate of drug-likeness (QED) is 0.860. The molecular formula is C18H29N3O2S. The van der Waals surface area contributed by atoms with E-state index in [0.29, 0.717) is 18.9 Å². The van der Waals surface area contributed by atoms with Crippen LogP contribution in [0.2, 0.25) is 0 Å². The maximum Gasteiger partial charge on any atom is 0.227 e. The van der Waals surface area contributed by atoms with Crippen molar-refractivity contribution in [2.75, 3.05) is 59.5 Å². The van der Waals surface area contributed by atoms with Crippen LogP contribution in [0.3, 0.4) is 0 Å². The van der Waals surface area contributed by atoms with Gasteiger partial charge in [0.25, 0.3) is 0 Å². The average Bonchev–Trinajstić information content (AvgIpc) is 3.17. The highest BCUT2D eigenvalue weighted by Gasteiger charge is 2.35. The second-order valence-electron chi connectivity index (χ2n) is 7.27. The minimum atomic E-state index is 0.181. The largest absolute Gasteiger partial charge is 0.396 e. The van der Waals surface area contributed by atoms with Gasteiger partial charge in [0, 0.05) is 45.2 Å². The molecule has 0 saturated carbocycles. The SMILES string of the molecule is CN1CCCN(C[C@@H]2CN(C(=O)Cc3ccsc3)C[C@@H]2CO)CC1. The van der Waals surface area contributed by atoms with Crippen molar-refractivity contribution in [3.8, 4) is 0 Å². The van der Waals surface area contributed by atoms with Gasteiger partial charge in [-0.15, -0.1) is 0 Å². The number of thiophene rings is 1. The Morgan fingerprint density at radius 2 is 2.08 bits per heavy atom. The van der Waals surface area contributed by atoms with Crippen molar-refractivity contribution >= 4 is 17.2 Å². The number of likely N-dealkylation sites (tertiary alicyclic amines) is 1. The molecule has 0 spiro atoms. The molecule has 3 rings (SSSR count). The van der Waals surface area contributed by atoms with Crippen molar-refractivity contribution in [3.05, 3.63) is 22.4 Å². The van der Waals surface area contributed by atoms with Crippen molar-refractivity contribution in [1.82, 2.24) is 14.7 Å². The van der Waals surface area contributed by atoms with Crippen molar-refractivity contribution < 1.29 is 9.90 Å². The predicted molar refractivity (Wildman–Crippen MR) is 97.2 cm³/mol. The molecule has 3 heterocycles. The highest BCUT2D eigenvalue weighted by atomic mass is 32.1. The zero-order chi connectivity index (χ0) is 16.9. The van der Waals surface area contributed by atoms with Crippen LogP contribution in [-0.2, 0) is 11.2 Å². The van der Waals surface area contributed by atoms with Crippen LogP contribution in [-0.4, -0.2) is 85.2 Å².